The molecular formula is C13H15N3. The van der Waals surface area contributed by atoms with Gasteiger partial charge in [-0.15, -0.1) is 0 Å². The minimum absolute atomic E-state index is 0.201. The molecule has 0 atom stereocenters. The fourth-order valence-corrected chi connectivity index (χ4v) is 2.13. The molecule has 1 saturated carbocycles. The summed E-state index contributed by atoms with van der Waals surface area (Å²) in [4.78, 5) is 7.74. The molecule has 0 amide bonds. The third kappa shape index (κ3) is 1.44. The minimum atomic E-state index is -0.201. The second-order valence-corrected chi connectivity index (χ2v) is 4.52. The SMILES string of the molecule is NC1(c2ncc(-c3ccccc3)[nH]2)CCC1. The van der Waals surface area contributed by atoms with E-state index in [0.29, 0.717) is 0 Å². The molecule has 0 bridgehead atoms. The quantitative estimate of drug-likeness (QED) is 0.805. The maximum absolute atomic E-state index is 6.22. The predicted molar refractivity (Wildman–Crippen MR) is 63.7 cm³/mol. The highest BCUT2D eigenvalue weighted by molar-refractivity contribution is 5.58. The lowest BCUT2D eigenvalue weighted by molar-refractivity contribution is 0.240. The number of hydrogen-bond donors (Lipinski definition) is 2. The number of nitrogens with zero attached hydrogens (tertiary/aromatic N) is 1. The second kappa shape index (κ2) is 3.46. The number of rotatable bonds is 2. The molecule has 0 radical (unpaired) electrons. The molecule has 0 spiro atoms. The normalized spacial score (nSPS) is 18.1. The smallest absolute Gasteiger partial charge is 0.126 e. The van der Waals surface area contributed by atoms with Gasteiger partial charge in [-0.05, 0) is 24.8 Å². The number of imidazole rings is 1. The summed E-state index contributed by atoms with van der Waals surface area (Å²) in [6.45, 7) is 0. The fourth-order valence-electron chi connectivity index (χ4n) is 2.13. The highest BCUT2D eigenvalue weighted by Crippen LogP contribution is 2.37. The summed E-state index contributed by atoms with van der Waals surface area (Å²) in [6, 6.07) is 10.2. The van der Waals surface area contributed by atoms with E-state index < -0.39 is 0 Å². The van der Waals surface area contributed by atoms with Crippen molar-refractivity contribution in [2.75, 3.05) is 0 Å². The van der Waals surface area contributed by atoms with Crippen LogP contribution in [0.2, 0.25) is 0 Å². The molecule has 1 aromatic carbocycles. The van der Waals surface area contributed by atoms with Crippen molar-refractivity contribution in [3.05, 3.63) is 42.4 Å². The first-order valence-electron chi connectivity index (χ1n) is 5.68. The number of nitrogens with one attached hydrogen (secondary N) is 1. The van der Waals surface area contributed by atoms with E-state index in [1.807, 2.05) is 24.4 Å². The van der Waals surface area contributed by atoms with Crippen LogP contribution < -0.4 is 5.73 Å². The summed E-state index contributed by atoms with van der Waals surface area (Å²) in [5.41, 5.74) is 8.23. The van der Waals surface area contributed by atoms with E-state index >= 15 is 0 Å². The zero-order valence-corrected chi connectivity index (χ0v) is 9.11. The Morgan fingerprint density at radius 3 is 2.56 bits per heavy atom. The van der Waals surface area contributed by atoms with Gasteiger partial charge in [0.25, 0.3) is 0 Å². The third-order valence-electron chi connectivity index (χ3n) is 3.38. The zero-order valence-electron chi connectivity index (χ0n) is 9.11. The lowest BCUT2D eigenvalue weighted by Crippen LogP contribution is -2.44. The van der Waals surface area contributed by atoms with Gasteiger partial charge in [-0.2, -0.15) is 0 Å². The lowest BCUT2D eigenvalue weighted by Gasteiger charge is -2.35. The molecule has 3 N–H and O–H groups in total. The first kappa shape index (κ1) is 9.60. The highest BCUT2D eigenvalue weighted by Gasteiger charge is 2.37. The maximum Gasteiger partial charge on any atom is 0.126 e. The summed E-state index contributed by atoms with van der Waals surface area (Å²) in [5, 5.41) is 0. The van der Waals surface area contributed by atoms with E-state index in [2.05, 4.69) is 22.1 Å². The van der Waals surface area contributed by atoms with Crippen molar-refractivity contribution in [3.63, 3.8) is 0 Å². The molecule has 1 aliphatic rings. The molecular weight excluding hydrogens is 198 g/mol. The van der Waals surface area contributed by atoms with Crippen molar-refractivity contribution in [1.29, 1.82) is 0 Å². The van der Waals surface area contributed by atoms with Crippen LogP contribution in [0.3, 0.4) is 0 Å². The van der Waals surface area contributed by atoms with Crippen LogP contribution in [0.1, 0.15) is 25.1 Å². The lowest BCUT2D eigenvalue weighted by atomic mass is 9.77. The highest BCUT2D eigenvalue weighted by atomic mass is 15.0. The summed E-state index contributed by atoms with van der Waals surface area (Å²) < 4.78 is 0. The average Bonchev–Trinajstić information content (AvgIpc) is 2.77. The van der Waals surface area contributed by atoms with Crippen molar-refractivity contribution in [1.82, 2.24) is 9.97 Å². The van der Waals surface area contributed by atoms with Crippen LogP contribution in [0.25, 0.3) is 11.3 Å². The predicted octanol–water partition coefficient (Wildman–Crippen LogP) is 2.41. The largest absolute Gasteiger partial charge is 0.340 e. The van der Waals surface area contributed by atoms with Gasteiger partial charge in [0, 0.05) is 0 Å². The molecule has 2 aromatic rings. The van der Waals surface area contributed by atoms with Crippen LogP contribution in [0.5, 0.6) is 0 Å². The van der Waals surface area contributed by atoms with Crippen molar-refractivity contribution in [2.24, 2.45) is 5.73 Å². The second-order valence-electron chi connectivity index (χ2n) is 4.52. The topological polar surface area (TPSA) is 54.7 Å². The molecule has 82 valence electrons. The van der Waals surface area contributed by atoms with Gasteiger partial charge in [-0.25, -0.2) is 4.98 Å². The van der Waals surface area contributed by atoms with Crippen LogP contribution in [0.15, 0.2) is 36.5 Å². The molecule has 0 saturated heterocycles. The maximum atomic E-state index is 6.22. The molecule has 0 unspecified atom stereocenters. The van der Waals surface area contributed by atoms with E-state index in [0.717, 1.165) is 29.9 Å². The van der Waals surface area contributed by atoms with Crippen LogP contribution >= 0.6 is 0 Å². The number of benzene rings is 1. The minimum Gasteiger partial charge on any atom is -0.340 e. The molecule has 16 heavy (non-hydrogen) atoms. The van der Waals surface area contributed by atoms with E-state index in [9.17, 15) is 0 Å². The van der Waals surface area contributed by atoms with Crippen molar-refractivity contribution in [3.8, 4) is 11.3 Å². The zero-order chi connectivity index (χ0) is 11.0. The van der Waals surface area contributed by atoms with E-state index in [-0.39, 0.29) is 5.54 Å². The first-order valence-corrected chi connectivity index (χ1v) is 5.68. The molecule has 1 heterocycles. The van der Waals surface area contributed by atoms with E-state index in [1.54, 1.807) is 0 Å². The van der Waals surface area contributed by atoms with Gasteiger partial charge in [-0.3, -0.25) is 0 Å². The van der Waals surface area contributed by atoms with Crippen LogP contribution in [0.4, 0.5) is 0 Å². The Morgan fingerprint density at radius 2 is 1.94 bits per heavy atom. The van der Waals surface area contributed by atoms with Crippen LogP contribution in [-0.4, -0.2) is 9.97 Å². The third-order valence-corrected chi connectivity index (χ3v) is 3.38. The number of aromatic amines is 1. The van der Waals surface area contributed by atoms with Gasteiger partial charge >= 0.3 is 0 Å². The van der Waals surface area contributed by atoms with Crippen LogP contribution in [0, 0.1) is 0 Å². The van der Waals surface area contributed by atoms with Crippen molar-refractivity contribution in [2.45, 2.75) is 24.8 Å². The summed E-state index contributed by atoms with van der Waals surface area (Å²) in [6.07, 6.45) is 5.15. The summed E-state index contributed by atoms with van der Waals surface area (Å²) >= 11 is 0. The number of hydrogen-bond acceptors (Lipinski definition) is 2. The van der Waals surface area contributed by atoms with Crippen molar-refractivity contribution >= 4 is 0 Å². The number of H-pyrrole nitrogens is 1. The Bertz CT molecular complexity index is 483. The molecule has 1 aliphatic carbocycles. The monoisotopic (exact) mass is 213 g/mol. The molecule has 3 nitrogen and oxygen atoms in total. The average molecular weight is 213 g/mol. The molecule has 1 aromatic heterocycles. The summed E-state index contributed by atoms with van der Waals surface area (Å²) in [5.74, 6) is 0.928. The van der Waals surface area contributed by atoms with Crippen molar-refractivity contribution < 1.29 is 0 Å². The summed E-state index contributed by atoms with van der Waals surface area (Å²) in [7, 11) is 0. The van der Waals surface area contributed by atoms with Crippen LogP contribution in [-0.2, 0) is 5.54 Å². The molecule has 3 heteroatoms. The van der Waals surface area contributed by atoms with E-state index in [1.165, 1.54) is 6.42 Å². The fraction of sp³-hybridized carbons (Fsp3) is 0.308. The van der Waals surface area contributed by atoms with Gasteiger partial charge in [0.15, 0.2) is 0 Å². The number of aromatic nitrogens is 2. The molecule has 0 aliphatic heterocycles. The van der Waals surface area contributed by atoms with Gasteiger partial charge in [0.05, 0.1) is 17.4 Å². The number of nitrogens with two attached hydrogens (primary N) is 1. The Labute approximate surface area is 94.7 Å². The first-order chi connectivity index (χ1) is 7.78. The van der Waals surface area contributed by atoms with E-state index in [4.69, 9.17) is 5.73 Å². The Kier molecular flexibility index (Phi) is 2.07. The molecule has 1 fully saturated rings. The standard InChI is InChI=1S/C13H15N3/c14-13(7-4-8-13)12-15-9-11(16-12)10-5-2-1-3-6-10/h1-3,5-6,9H,4,7-8,14H2,(H,15,16). The Morgan fingerprint density at radius 1 is 1.19 bits per heavy atom. The van der Waals surface area contributed by atoms with Gasteiger partial charge < -0.3 is 10.7 Å². The Hall–Kier alpha value is -1.61. The van der Waals surface area contributed by atoms with Gasteiger partial charge in [-0.1, -0.05) is 30.3 Å². The van der Waals surface area contributed by atoms with Gasteiger partial charge in [0.2, 0.25) is 0 Å². The van der Waals surface area contributed by atoms with Gasteiger partial charge in [0.1, 0.15) is 5.82 Å². The molecule has 3 rings (SSSR count). The Balaban J connectivity index is 1.94.